The van der Waals surface area contributed by atoms with Crippen molar-refractivity contribution in [1.29, 1.82) is 0 Å². The van der Waals surface area contributed by atoms with Crippen molar-refractivity contribution in [3.05, 3.63) is 52.0 Å². The highest BCUT2D eigenvalue weighted by molar-refractivity contribution is 5.92. The molecule has 0 saturated carbocycles. The van der Waals surface area contributed by atoms with Crippen molar-refractivity contribution in [2.45, 2.75) is 31.4 Å². The molecule has 0 radical (unpaired) electrons. The monoisotopic (exact) mass is 344 g/mol. The molecule has 0 bridgehead atoms. The number of benzene rings is 1. The van der Waals surface area contributed by atoms with Crippen LogP contribution >= 0.6 is 0 Å². The number of aliphatic hydroxyl groups is 1. The molecule has 1 aliphatic heterocycles. The lowest BCUT2D eigenvalue weighted by molar-refractivity contribution is -1.03. The molecule has 1 saturated heterocycles. The van der Waals surface area contributed by atoms with Gasteiger partial charge in [-0.25, -0.2) is 0 Å². The van der Waals surface area contributed by atoms with Gasteiger partial charge in [0.1, 0.15) is 0 Å². The van der Waals surface area contributed by atoms with E-state index in [4.69, 9.17) is 5.73 Å². The normalized spacial score (nSPS) is 26.1. The number of hydrogen-bond donors (Lipinski definition) is 4. The molecule has 2 heterocycles. The highest BCUT2D eigenvalue weighted by Crippen LogP contribution is 2.26. The van der Waals surface area contributed by atoms with Gasteiger partial charge in [-0.2, -0.15) is 10.1 Å². The molecule has 2 atom stereocenters. The van der Waals surface area contributed by atoms with Gasteiger partial charge >= 0.3 is 0 Å². The summed E-state index contributed by atoms with van der Waals surface area (Å²) in [6, 6.07) is 7.26. The van der Waals surface area contributed by atoms with E-state index < -0.39 is 11.6 Å². The molecule has 1 aromatic heterocycles. The highest BCUT2D eigenvalue weighted by atomic mass is 16.6. The lowest BCUT2D eigenvalue weighted by Gasteiger charge is -2.35. The Morgan fingerprint density at radius 2 is 2.28 bits per heavy atom. The molecule has 1 amide bonds. The standard InChI is InChI=1S/C17H21N5O3/c1-20-9-8-17(24,22(20)25)11-4-2-5-12(10-11)21-14-7-3-6-13(14)15(19-21)16(18)23/h2,4-5,10,22,24H,3,6-9H2,1H3,(H2,18,23)/p+1/t17-/m1/s1. The van der Waals surface area contributed by atoms with Gasteiger partial charge in [0.25, 0.3) is 5.91 Å². The van der Waals surface area contributed by atoms with Gasteiger partial charge in [-0.15, -0.1) is 0 Å². The maximum Gasteiger partial charge on any atom is 0.271 e. The number of amides is 1. The fraction of sp³-hybridized carbons (Fsp3) is 0.412. The minimum Gasteiger partial charge on any atom is -0.610 e. The third kappa shape index (κ3) is 2.37. The van der Waals surface area contributed by atoms with E-state index in [1.165, 1.54) is 5.01 Å². The first-order valence-electron chi connectivity index (χ1n) is 8.46. The number of nitrogens with two attached hydrogens (primary N) is 1. The van der Waals surface area contributed by atoms with Crippen molar-refractivity contribution in [2.75, 3.05) is 13.6 Å². The number of aromatic amines is 1. The number of H-pyrrole nitrogens is 1. The third-order valence-corrected chi connectivity index (χ3v) is 5.32. The number of aromatic nitrogens is 2. The van der Waals surface area contributed by atoms with Crippen LogP contribution in [-0.2, 0) is 18.6 Å². The largest absolute Gasteiger partial charge is 0.610 e. The Kier molecular flexibility index (Phi) is 3.66. The van der Waals surface area contributed by atoms with E-state index >= 15 is 0 Å². The Hall–Kier alpha value is -2.26. The molecule has 25 heavy (non-hydrogen) atoms. The average Bonchev–Trinajstić information content (AvgIpc) is 3.26. The van der Waals surface area contributed by atoms with Crippen LogP contribution < -0.4 is 15.6 Å². The maximum atomic E-state index is 12.4. The predicted molar refractivity (Wildman–Crippen MR) is 88.3 cm³/mol. The van der Waals surface area contributed by atoms with E-state index in [2.05, 4.69) is 5.10 Å². The van der Waals surface area contributed by atoms with Crippen molar-refractivity contribution in [1.82, 2.24) is 10.1 Å². The molecule has 4 rings (SSSR count). The van der Waals surface area contributed by atoms with Gasteiger partial charge in [0.15, 0.2) is 5.69 Å². The second-order valence-electron chi connectivity index (χ2n) is 6.85. The van der Waals surface area contributed by atoms with Crippen LogP contribution in [0.4, 0.5) is 0 Å². The van der Waals surface area contributed by atoms with Crippen LogP contribution in [0.2, 0.25) is 0 Å². The Morgan fingerprint density at radius 3 is 2.96 bits per heavy atom. The number of quaternary nitrogens is 1. The van der Waals surface area contributed by atoms with E-state index in [1.54, 1.807) is 19.2 Å². The molecular formula is C17H22N5O3+. The summed E-state index contributed by atoms with van der Waals surface area (Å²) < 4.78 is 1.85. The van der Waals surface area contributed by atoms with Gasteiger partial charge in [-0.1, -0.05) is 10.7 Å². The first kappa shape index (κ1) is 16.2. The van der Waals surface area contributed by atoms with E-state index in [9.17, 15) is 15.1 Å². The Morgan fingerprint density at radius 1 is 1.48 bits per heavy atom. The van der Waals surface area contributed by atoms with Gasteiger partial charge in [-0.05, 0) is 18.9 Å². The first-order chi connectivity index (χ1) is 11.9. The summed E-state index contributed by atoms with van der Waals surface area (Å²) in [6.07, 6.45) is 3.03. The van der Waals surface area contributed by atoms with Crippen LogP contribution in [-0.4, -0.2) is 34.7 Å². The number of carbonyl (C=O) groups is 1. The summed E-state index contributed by atoms with van der Waals surface area (Å²) in [7, 11) is 1.69. The number of nitrogens with one attached hydrogen (secondary N) is 2. The summed E-state index contributed by atoms with van der Waals surface area (Å²) in [4.78, 5) is 11.7. The van der Waals surface area contributed by atoms with Crippen LogP contribution in [0.3, 0.4) is 0 Å². The van der Waals surface area contributed by atoms with Gasteiger partial charge in [-0.3, -0.25) is 9.97 Å². The number of fused-ring (bicyclic) bond motifs is 1. The highest BCUT2D eigenvalue weighted by Gasteiger charge is 2.45. The van der Waals surface area contributed by atoms with Crippen LogP contribution in [0, 0.1) is 5.21 Å². The van der Waals surface area contributed by atoms with E-state index in [0.29, 0.717) is 24.2 Å². The average molecular weight is 344 g/mol. The second kappa shape index (κ2) is 5.63. The van der Waals surface area contributed by atoms with Crippen LogP contribution in [0.25, 0.3) is 5.69 Å². The van der Waals surface area contributed by atoms with Crippen molar-refractivity contribution in [3.63, 3.8) is 0 Å². The number of hydrogen-bond acceptors (Lipinski definition) is 4. The van der Waals surface area contributed by atoms with Gasteiger partial charge in [0, 0.05) is 25.6 Å². The van der Waals surface area contributed by atoms with Crippen LogP contribution in [0.5, 0.6) is 0 Å². The first-order valence-corrected chi connectivity index (χ1v) is 8.46. The fourth-order valence-corrected chi connectivity index (χ4v) is 3.94. The summed E-state index contributed by atoms with van der Waals surface area (Å²) in [5.41, 5.74) is 7.78. The summed E-state index contributed by atoms with van der Waals surface area (Å²) >= 11 is 0. The SMILES string of the molecule is CN1CC[C@@](O)(c2cccc(-[n+]3[nH]c(C(N)=O)c4c3CCC4)c2)[NH+]1[O-]. The fourth-order valence-electron chi connectivity index (χ4n) is 3.94. The van der Waals surface area contributed by atoms with Crippen LogP contribution in [0.15, 0.2) is 24.3 Å². The zero-order valence-electron chi connectivity index (χ0n) is 14.1. The lowest BCUT2D eigenvalue weighted by atomic mass is 10.0. The number of carbonyl (C=O) groups excluding carboxylic acids is 1. The molecule has 5 N–H and O–H groups in total. The second-order valence-corrected chi connectivity index (χ2v) is 6.85. The van der Waals surface area contributed by atoms with Crippen molar-refractivity contribution >= 4 is 5.91 Å². The molecule has 132 valence electrons. The molecule has 1 unspecified atom stereocenters. The van der Waals surface area contributed by atoms with Gasteiger partial charge in [0.05, 0.1) is 24.1 Å². The van der Waals surface area contributed by atoms with Crippen molar-refractivity contribution < 1.29 is 19.8 Å². The Balaban J connectivity index is 1.79. The molecule has 8 heteroatoms. The Labute approximate surface area is 145 Å². The lowest BCUT2D eigenvalue weighted by Crippen LogP contribution is -3.17. The van der Waals surface area contributed by atoms with Gasteiger partial charge < -0.3 is 16.0 Å². The maximum absolute atomic E-state index is 12.4. The van der Waals surface area contributed by atoms with Crippen LogP contribution in [0.1, 0.15) is 40.2 Å². The molecule has 2 aromatic rings. The van der Waals surface area contributed by atoms with E-state index in [1.807, 2.05) is 16.8 Å². The number of nitrogens with zero attached hydrogens (tertiary/aromatic N) is 2. The molecule has 1 aromatic carbocycles. The minimum absolute atomic E-state index is 0.288. The molecule has 8 nitrogen and oxygen atoms in total. The molecule has 2 aliphatic rings. The molecule has 0 spiro atoms. The molecule has 1 fully saturated rings. The topological polar surface area (TPSA) is 114 Å². The number of rotatable bonds is 3. The van der Waals surface area contributed by atoms with E-state index in [0.717, 1.165) is 36.2 Å². The Bertz CT molecular complexity index is 849. The molecular weight excluding hydrogens is 322 g/mol. The number of primary amides is 1. The predicted octanol–water partition coefficient (Wildman–Crippen LogP) is -1.34. The zero-order valence-corrected chi connectivity index (χ0v) is 14.1. The summed E-state index contributed by atoms with van der Waals surface area (Å²) in [5, 5.41) is 27.6. The zero-order chi connectivity index (χ0) is 17.8. The third-order valence-electron chi connectivity index (χ3n) is 5.32. The quantitative estimate of drug-likeness (QED) is 0.407. The van der Waals surface area contributed by atoms with Gasteiger partial charge in [0.2, 0.25) is 17.1 Å². The van der Waals surface area contributed by atoms with Crippen molar-refractivity contribution in [2.24, 2.45) is 5.73 Å². The van der Waals surface area contributed by atoms with E-state index in [-0.39, 0.29) is 5.17 Å². The summed E-state index contributed by atoms with van der Waals surface area (Å²) in [5.74, 6) is -0.473. The smallest absolute Gasteiger partial charge is 0.271 e. The summed E-state index contributed by atoms with van der Waals surface area (Å²) in [6.45, 7) is 0.524. The minimum atomic E-state index is -1.49. The number of hydroxylamine groups is 1. The molecule has 1 aliphatic carbocycles. The van der Waals surface area contributed by atoms with Crippen molar-refractivity contribution in [3.8, 4) is 5.69 Å².